The molecule has 1 fully saturated rings. The van der Waals surface area contributed by atoms with Crippen molar-refractivity contribution in [2.45, 2.75) is 46.1 Å². The number of aryl methyl sites for hydroxylation is 1. The first-order chi connectivity index (χ1) is 11.7. The van der Waals surface area contributed by atoms with Gasteiger partial charge < -0.3 is 19.9 Å². The highest BCUT2D eigenvalue weighted by Gasteiger charge is 2.23. The molecule has 0 radical (unpaired) electrons. The second kappa shape index (κ2) is 8.33. The molecule has 140 valence electrons. The van der Waals surface area contributed by atoms with Crippen LogP contribution in [0.25, 0.3) is 0 Å². The van der Waals surface area contributed by atoms with E-state index in [1.54, 1.807) is 13.0 Å². The van der Waals surface area contributed by atoms with Crippen molar-refractivity contribution in [3.05, 3.63) is 11.8 Å². The minimum Gasteiger partial charge on any atom is -0.444 e. The number of carbonyl (C=O) groups is 2. The summed E-state index contributed by atoms with van der Waals surface area (Å²) in [6.45, 7) is 9.77. The fourth-order valence-electron chi connectivity index (χ4n) is 2.81. The number of ether oxygens (including phenoxy) is 1. The van der Waals surface area contributed by atoms with Gasteiger partial charge >= 0.3 is 6.09 Å². The van der Waals surface area contributed by atoms with Crippen LogP contribution in [0, 0.1) is 12.8 Å². The molecule has 1 aromatic rings. The van der Waals surface area contributed by atoms with Crippen LogP contribution >= 0.6 is 0 Å². The number of piperidine rings is 1. The number of amides is 2. The van der Waals surface area contributed by atoms with E-state index >= 15 is 0 Å². The van der Waals surface area contributed by atoms with E-state index in [2.05, 4.69) is 20.7 Å². The molecular formula is C17H28N4O4. The summed E-state index contributed by atoms with van der Waals surface area (Å²) in [7, 11) is 0. The average molecular weight is 352 g/mol. The highest BCUT2D eigenvalue weighted by atomic mass is 16.6. The Morgan fingerprint density at radius 2 is 2.20 bits per heavy atom. The Bertz CT molecular complexity index is 594. The van der Waals surface area contributed by atoms with Gasteiger partial charge in [-0.2, -0.15) is 0 Å². The van der Waals surface area contributed by atoms with Crippen molar-refractivity contribution < 1.29 is 18.8 Å². The molecule has 1 saturated heterocycles. The van der Waals surface area contributed by atoms with Crippen molar-refractivity contribution in [1.29, 1.82) is 0 Å². The summed E-state index contributed by atoms with van der Waals surface area (Å²) < 4.78 is 10.2. The number of hydrogen-bond acceptors (Lipinski definition) is 6. The fourth-order valence-corrected chi connectivity index (χ4v) is 2.81. The first kappa shape index (κ1) is 19.2. The third-order valence-corrected chi connectivity index (χ3v) is 3.80. The summed E-state index contributed by atoms with van der Waals surface area (Å²) in [5, 5.41) is 9.30. The van der Waals surface area contributed by atoms with Gasteiger partial charge in [0.25, 0.3) is 0 Å². The number of likely N-dealkylation sites (tertiary alicyclic amines) is 1. The van der Waals surface area contributed by atoms with Gasteiger partial charge in [-0.3, -0.25) is 9.69 Å². The monoisotopic (exact) mass is 352 g/mol. The molecule has 2 amide bonds. The zero-order valence-corrected chi connectivity index (χ0v) is 15.4. The van der Waals surface area contributed by atoms with Crippen LogP contribution < -0.4 is 10.6 Å². The normalized spacial score (nSPS) is 18.6. The van der Waals surface area contributed by atoms with Gasteiger partial charge in [0.15, 0.2) is 5.82 Å². The Kier molecular flexibility index (Phi) is 6.41. The molecule has 0 aliphatic carbocycles. The summed E-state index contributed by atoms with van der Waals surface area (Å²) in [4.78, 5) is 25.9. The van der Waals surface area contributed by atoms with Crippen LogP contribution in [0.5, 0.6) is 0 Å². The van der Waals surface area contributed by atoms with E-state index in [-0.39, 0.29) is 5.91 Å². The minimum absolute atomic E-state index is 0.117. The van der Waals surface area contributed by atoms with Crippen LogP contribution in [-0.2, 0) is 9.53 Å². The van der Waals surface area contributed by atoms with Crippen LogP contribution in [0.2, 0.25) is 0 Å². The topological polar surface area (TPSA) is 96.7 Å². The first-order valence-electron chi connectivity index (χ1n) is 8.63. The van der Waals surface area contributed by atoms with Gasteiger partial charge in [-0.05, 0) is 53.0 Å². The molecular weight excluding hydrogens is 324 g/mol. The Morgan fingerprint density at radius 3 is 2.84 bits per heavy atom. The smallest absolute Gasteiger partial charge is 0.407 e. The highest BCUT2D eigenvalue weighted by molar-refractivity contribution is 5.91. The van der Waals surface area contributed by atoms with Gasteiger partial charge in [0.1, 0.15) is 11.4 Å². The number of hydrogen-bond donors (Lipinski definition) is 2. The molecule has 1 unspecified atom stereocenters. The third-order valence-electron chi connectivity index (χ3n) is 3.80. The van der Waals surface area contributed by atoms with Crippen molar-refractivity contribution in [2.75, 3.05) is 31.5 Å². The van der Waals surface area contributed by atoms with Gasteiger partial charge in [0, 0.05) is 19.2 Å². The van der Waals surface area contributed by atoms with Gasteiger partial charge in [0.2, 0.25) is 5.91 Å². The van der Waals surface area contributed by atoms with Gasteiger partial charge in [-0.25, -0.2) is 4.79 Å². The van der Waals surface area contributed by atoms with Crippen LogP contribution in [0.1, 0.15) is 39.4 Å². The summed E-state index contributed by atoms with van der Waals surface area (Å²) in [6.07, 6.45) is 1.62. The Labute approximate surface area is 148 Å². The van der Waals surface area contributed by atoms with E-state index < -0.39 is 11.7 Å². The number of rotatable bonds is 5. The van der Waals surface area contributed by atoms with Crippen LogP contribution in [0.15, 0.2) is 10.6 Å². The second-order valence-electron chi connectivity index (χ2n) is 7.50. The average Bonchev–Trinajstić information content (AvgIpc) is 2.88. The third kappa shape index (κ3) is 7.13. The molecule has 1 aliphatic rings. The summed E-state index contributed by atoms with van der Waals surface area (Å²) in [6, 6.07) is 1.68. The molecule has 2 rings (SSSR count). The van der Waals surface area contributed by atoms with E-state index in [1.165, 1.54) is 0 Å². The molecule has 0 aromatic carbocycles. The highest BCUT2D eigenvalue weighted by Crippen LogP contribution is 2.16. The van der Waals surface area contributed by atoms with Crippen LogP contribution in [0.4, 0.5) is 10.6 Å². The van der Waals surface area contributed by atoms with E-state index in [4.69, 9.17) is 9.26 Å². The summed E-state index contributed by atoms with van der Waals surface area (Å²) >= 11 is 0. The lowest BCUT2D eigenvalue weighted by molar-refractivity contribution is -0.117. The van der Waals surface area contributed by atoms with E-state index in [0.717, 1.165) is 25.9 Å². The van der Waals surface area contributed by atoms with Crippen molar-refractivity contribution in [2.24, 2.45) is 5.92 Å². The minimum atomic E-state index is -0.500. The number of anilines is 1. The van der Waals surface area contributed by atoms with Crippen molar-refractivity contribution in [3.63, 3.8) is 0 Å². The molecule has 2 heterocycles. The largest absolute Gasteiger partial charge is 0.444 e. The SMILES string of the molecule is Cc1cc(NC(=O)CN2CCCC(CNC(=O)OC(C)(C)C)C2)no1. The zero-order chi connectivity index (χ0) is 18.4. The van der Waals surface area contributed by atoms with Crippen LogP contribution in [0.3, 0.4) is 0 Å². The quantitative estimate of drug-likeness (QED) is 0.843. The predicted octanol–water partition coefficient (Wildman–Crippen LogP) is 2.16. The molecule has 1 aliphatic heterocycles. The number of nitrogens with zero attached hydrogens (tertiary/aromatic N) is 2. The Morgan fingerprint density at radius 1 is 1.44 bits per heavy atom. The second-order valence-corrected chi connectivity index (χ2v) is 7.50. The van der Waals surface area contributed by atoms with Gasteiger partial charge in [-0.1, -0.05) is 5.16 Å². The van der Waals surface area contributed by atoms with Crippen molar-refractivity contribution in [1.82, 2.24) is 15.4 Å². The molecule has 1 aromatic heterocycles. The molecule has 8 heteroatoms. The number of nitrogens with one attached hydrogen (secondary N) is 2. The molecule has 0 saturated carbocycles. The van der Waals surface area contributed by atoms with Crippen molar-refractivity contribution >= 4 is 17.8 Å². The molecule has 0 spiro atoms. The van der Waals surface area contributed by atoms with Crippen molar-refractivity contribution in [3.8, 4) is 0 Å². The molecule has 8 nitrogen and oxygen atoms in total. The summed E-state index contributed by atoms with van der Waals surface area (Å²) in [5.41, 5.74) is -0.500. The molecule has 25 heavy (non-hydrogen) atoms. The summed E-state index contributed by atoms with van der Waals surface area (Å²) in [5.74, 6) is 1.28. The van der Waals surface area contributed by atoms with E-state index in [9.17, 15) is 9.59 Å². The maximum Gasteiger partial charge on any atom is 0.407 e. The first-order valence-corrected chi connectivity index (χ1v) is 8.63. The lowest BCUT2D eigenvalue weighted by Gasteiger charge is -2.32. The maximum absolute atomic E-state index is 12.1. The standard InChI is InChI=1S/C17H28N4O4/c1-12-8-14(20-25-12)19-15(22)11-21-7-5-6-13(10-21)9-18-16(23)24-17(2,3)4/h8,13H,5-7,9-11H2,1-4H3,(H,18,23)(H,19,20,22). The van der Waals surface area contributed by atoms with E-state index in [1.807, 2.05) is 20.8 Å². The van der Waals surface area contributed by atoms with Crippen LogP contribution in [-0.4, -0.2) is 53.8 Å². The molecule has 2 N–H and O–H groups in total. The van der Waals surface area contributed by atoms with Gasteiger partial charge in [0.05, 0.1) is 6.54 Å². The molecule has 0 bridgehead atoms. The maximum atomic E-state index is 12.1. The number of aromatic nitrogens is 1. The lowest BCUT2D eigenvalue weighted by Crippen LogP contribution is -2.44. The molecule has 1 atom stereocenters. The Balaban J connectivity index is 1.72. The fraction of sp³-hybridized carbons (Fsp3) is 0.706. The predicted molar refractivity (Wildman–Crippen MR) is 93.3 cm³/mol. The van der Waals surface area contributed by atoms with E-state index in [0.29, 0.717) is 30.6 Å². The Hall–Kier alpha value is -2.09. The lowest BCUT2D eigenvalue weighted by atomic mass is 9.98. The number of alkyl carbamates (subject to hydrolysis) is 1. The van der Waals surface area contributed by atoms with Gasteiger partial charge in [-0.15, -0.1) is 0 Å². The number of carbonyl (C=O) groups excluding carboxylic acids is 2. The zero-order valence-electron chi connectivity index (χ0n) is 15.4.